The number of thiophene rings is 1. The quantitative estimate of drug-likeness (QED) is 0.550. The lowest BCUT2D eigenvalue weighted by Crippen LogP contribution is -2.53. The van der Waals surface area contributed by atoms with E-state index >= 15 is 0 Å². The van der Waals surface area contributed by atoms with Crippen LogP contribution in [0.4, 0.5) is 5.69 Å². The van der Waals surface area contributed by atoms with Crippen molar-refractivity contribution in [3.05, 3.63) is 46.7 Å². The Kier molecular flexibility index (Phi) is 7.70. The Hall–Kier alpha value is -2.25. The van der Waals surface area contributed by atoms with E-state index in [0.717, 1.165) is 56.9 Å². The topological polar surface area (TPSA) is 43.3 Å². The second kappa shape index (κ2) is 10.9. The van der Waals surface area contributed by atoms with Crippen molar-refractivity contribution in [3.63, 3.8) is 0 Å². The number of ether oxygens (including phenoxy) is 1. The van der Waals surface area contributed by atoms with Gasteiger partial charge in [-0.3, -0.25) is 9.89 Å². The van der Waals surface area contributed by atoms with Crippen LogP contribution in [0.2, 0.25) is 0 Å². The summed E-state index contributed by atoms with van der Waals surface area (Å²) in [7, 11) is 3.61. The van der Waals surface area contributed by atoms with E-state index in [1.807, 2.05) is 30.5 Å². The van der Waals surface area contributed by atoms with Gasteiger partial charge in [0.25, 0.3) is 0 Å². The molecule has 1 aromatic carbocycles. The predicted octanol–water partition coefficient (Wildman–Crippen LogP) is 3.37. The first-order valence-corrected chi connectivity index (χ1v) is 12.2. The van der Waals surface area contributed by atoms with Gasteiger partial charge in [-0.05, 0) is 67.6 Å². The van der Waals surface area contributed by atoms with Crippen molar-refractivity contribution < 1.29 is 4.74 Å². The zero-order valence-corrected chi connectivity index (χ0v) is 19.6. The lowest BCUT2D eigenvalue weighted by atomic mass is 9.97. The van der Waals surface area contributed by atoms with Gasteiger partial charge in [-0.2, -0.15) is 0 Å². The summed E-state index contributed by atoms with van der Waals surface area (Å²) in [6.45, 7) is 8.53. The first kappa shape index (κ1) is 22.0. The number of nitrogens with one attached hydrogen (secondary N) is 1. The van der Waals surface area contributed by atoms with Gasteiger partial charge < -0.3 is 19.9 Å². The summed E-state index contributed by atoms with van der Waals surface area (Å²) >= 11 is 1.87. The lowest BCUT2D eigenvalue weighted by molar-refractivity contribution is 0.178. The molecule has 0 radical (unpaired) electrons. The summed E-state index contributed by atoms with van der Waals surface area (Å²) in [4.78, 5) is 13.5. The molecule has 0 amide bonds. The fraction of sp³-hybridized carbons (Fsp3) is 0.542. The molecule has 1 aromatic heterocycles. The molecule has 2 aromatic rings. The number of hydrogen-bond acceptors (Lipinski definition) is 5. The molecule has 2 saturated heterocycles. The monoisotopic (exact) mass is 441 g/mol. The van der Waals surface area contributed by atoms with Crippen LogP contribution in [0.3, 0.4) is 0 Å². The Morgan fingerprint density at radius 1 is 1.06 bits per heavy atom. The fourth-order valence-corrected chi connectivity index (χ4v) is 5.26. The maximum atomic E-state index is 5.27. The Bertz CT molecular complexity index is 807. The normalized spacial score (nSPS) is 19.0. The Morgan fingerprint density at radius 2 is 1.81 bits per heavy atom. The van der Waals surface area contributed by atoms with Crippen molar-refractivity contribution in [2.24, 2.45) is 10.9 Å². The maximum Gasteiger partial charge on any atom is 0.193 e. The van der Waals surface area contributed by atoms with Gasteiger partial charge in [0, 0.05) is 56.9 Å². The third kappa shape index (κ3) is 5.92. The molecule has 0 unspecified atom stereocenters. The van der Waals surface area contributed by atoms with E-state index in [4.69, 9.17) is 4.74 Å². The minimum Gasteiger partial charge on any atom is -0.497 e. The van der Waals surface area contributed by atoms with Crippen molar-refractivity contribution in [1.82, 2.24) is 15.1 Å². The van der Waals surface area contributed by atoms with Crippen LogP contribution in [0.25, 0.3) is 0 Å². The first-order chi connectivity index (χ1) is 15.2. The number of methoxy groups -OCH3 is 1. The predicted molar refractivity (Wildman–Crippen MR) is 130 cm³/mol. The molecule has 0 atom stereocenters. The minimum atomic E-state index is 0.733. The first-order valence-electron chi connectivity index (χ1n) is 11.3. The van der Waals surface area contributed by atoms with Gasteiger partial charge in [0.2, 0.25) is 0 Å². The average molecular weight is 442 g/mol. The van der Waals surface area contributed by atoms with Crippen LogP contribution in [0, 0.1) is 5.92 Å². The molecule has 0 spiro atoms. The molecule has 2 aliphatic heterocycles. The molecule has 3 heterocycles. The van der Waals surface area contributed by atoms with Crippen molar-refractivity contribution >= 4 is 23.0 Å². The average Bonchev–Trinajstić information content (AvgIpc) is 3.34. The molecular weight excluding hydrogens is 406 g/mol. The summed E-state index contributed by atoms with van der Waals surface area (Å²) < 4.78 is 5.27. The van der Waals surface area contributed by atoms with Gasteiger partial charge in [0.05, 0.1) is 7.11 Å². The SMILES string of the molecule is CN=C(NCC1CCN(Cc2cccs2)CC1)N1CCN(c2ccc(OC)cc2)CC1. The summed E-state index contributed by atoms with van der Waals surface area (Å²) in [6, 6.07) is 12.8. The highest BCUT2D eigenvalue weighted by Crippen LogP contribution is 2.22. The molecule has 0 saturated carbocycles. The van der Waals surface area contributed by atoms with Gasteiger partial charge in [0.1, 0.15) is 5.75 Å². The number of guanidine groups is 1. The fourth-order valence-electron chi connectivity index (χ4n) is 4.51. The Labute approximate surface area is 190 Å². The van der Waals surface area contributed by atoms with E-state index < -0.39 is 0 Å². The number of benzene rings is 1. The number of nitrogens with zero attached hydrogens (tertiary/aromatic N) is 4. The zero-order valence-electron chi connectivity index (χ0n) is 18.8. The number of piperazine rings is 1. The van der Waals surface area contributed by atoms with Crippen LogP contribution in [-0.2, 0) is 6.54 Å². The second-order valence-corrected chi connectivity index (χ2v) is 9.43. The molecule has 6 nitrogen and oxygen atoms in total. The number of rotatable bonds is 6. The number of likely N-dealkylation sites (tertiary alicyclic amines) is 1. The number of hydrogen-bond donors (Lipinski definition) is 1. The maximum absolute atomic E-state index is 5.27. The van der Waals surface area contributed by atoms with Gasteiger partial charge in [-0.25, -0.2) is 0 Å². The van der Waals surface area contributed by atoms with Crippen molar-refractivity contribution in [3.8, 4) is 5.75 Å². The molecule has 1 N–H and O–H groups in total. The highest BCUT2D eigenvalue weighted by molar-refractivity contribution is 7.09. The minimum absolute atomic E-state index is 0.733. The van der Waals surface area contributed by atoms with E-state index in [-0.39, 0.29) is 0 Å². The third-order valence-corrected chi connectivity index (χ3v) is 7.31. The van der Waals surface area contributed by atoms with Crippen LogP contribution in [0.15, 0.2) is 46.8 Å². The van der Waals surface area contributed by atoms with Gasteiger partial charge >= 0.3 is 0 Å². The summed E-state index contributed by atoms with van der Waals surface area (Å²) in [6.07, 6.45) is 2.53. The standard InChI is InChI=1S/C24H35N5OS/c1-25-24(26-18-20-9-11-27(12-10-20)19-23-4-3-17-31-23)29-15-13-28(14-16-29)21-5-7-22(30-2)8-6-21/h3-8,17,20H,9-16,18-19H2,1-2H3,(H,25,26). The van der Waals surface area contributed by atoms with Gasteiger partial charge in [0.15, 0.2) is 5.96 Å². The number of anilines is 1. The molecule has 2 fully saturated rings. The highest BCUT2D eigenvalue weighted by Gasteiger charge is 2.23. The van der Waals surface area contributed by atoms with E-state index in [1.165, 1.54) is 36.5 Å². The van der Waals surface area contributed by atoms with E-state index in [9.17, 15) is 0 Å². The summed E-state index contributed by atoms with van der Waals surface area (Å²) in [5.41, 5.74) is 1.26. The van der Waals surface area contributed by atoms with Crippen LogP contribution in [0.1, 0.15) is 17.7 Å². The van der Waals surface area contributed by atoms with Gasteiger partial charge in [-0.15, -0.1) is 11.3 Å². The Balaban J connectivity index is 1.19. The zero-order chi connectivity index (χ0) is 21.5. The highest BCUT2D eigenvalue weighted by atomic mass is 32.1. The van der Waals surface area contributed by atoms with Crippen LogP contribution >= 0.6 is 11.3 Å². The van der Waals surface area contributed by atoms with Gasteiger partial charge in [-0.1, -0.05) is 6.07 Å². The summed E-state index contributed by atoms with van der Waals surface area (Å²) in [5.74, 6) is 2.69. The Morgan fingerprint density at radius 3 is 2.42 bits per heavy atom. The molecule has 7 heteroatoms. The third-order valence-electron chi connectivity index (χ3n) is 6.44. The number of aliphatic imine (C=N–C) groups is 1. The smallest absolute Gasteiger partial charge is 0.193 e. The number of piperidine rings is 1. The van der Waals surface area contributed by atoms with E-state index in [1.54, 1.807) is 7.11 Å². The van der Waals surface area contributed by atoms with E-state index in [2.05, 4.69) is 54.7 Å². The summed E-state index contributed by atoms with van der Waals surface area (Å²) in [5, 5.41) is 5.84. The van der Waals surface area contributed by atoms with Crippen LogP contribution < -0.4 is 15.0 Å². The molecule has 168 valence electrons. The molecular formula is C24H35N5OS. The lowest BCUT2D eigenvalue weighted by Gasteiger charge is -2.38. The molecule has 0 aliphatic carbocycles. The van der Waals surface area contributed by atoms with Crippen molar-refractivity contribution in [1.29, 1.82) is 0 Å². The molecule has 2 aliphatic rings. The largest absolute Gasteiger partial charge is 0.497 e. The molecule has 0 bridgehead atoms. The van der Waals surface area contributed by atoms with E-state index in [0.29, 0.717) is 0 Å². The molecule has 31 heavy (non-hydrogen) atoms. The van der Waals surface area contributed by atoms with Crippen molar-refractivity contribution in [2.45, 2.75) is 19.4 Å². The van der Waals surface area contributed by atoms with Crippen LogP contribution in [0.5, 0.6) is 5.75 Å². The van der Waals surface area contributed by atoms with Crippen LogP contribution in [-0.4, -0.2) is 75.7 Å². The second-order valence-electron chi connectivity index (χ2n) is 8.40. The molecule has 4 rings (SSSR count). The van der Waals surface area contributed by atoms with Crippen molar-refractivity contribution in [2.75, 3.05) is 64.9 Å².